The van der Waals surface area contributed by atoms with Crippen molar-refractivity contribution in [1.82, 2.24) is 10.2 Å². The molecule has 4 heteroatoms. The predicted octanol–water partition coefficient (Wildman–Crippen LogP) is 0.135. The molecular weight excluding hydrogens is 180 g/mol. The van der Waals surface area contributed by atoms with Crippen molar-refractivity contribution < 1.29 is 9.59 Å². The largest absolute Gasteiger partial charge is 0.316 e. The summed E-state index contributed by atoms with van der Waals surface area (Å²) < 4.78 is 0. The van der Waals surface area contributed by atoms with E-state index in [1.165, 1.54) is 4.90 Å². The minimum absolute atomic E-state index is 0.0144. The van der Waals surface area contributed by atoms with Crippen LogP contribution in [0.3, 0.4) is 0 Å². The van der Waals surface area contributed by atoms with Crippen molar-refractivity contribution in [3.05, 3.63) is 0 Å². The minimum atomic E-state index is 0.0144. The summed E-state index contributed by atoms with van der Waals surface area (Å²) in [7, 11) is 0. The highest BCUT2D eigenvalue weighted by Gasteiger charge is 2.30. The Morgan fingerprint density at radius 2 is 2.00 bits per heavy atom. The molecule has 0 unspecified atom stereocenters. The van der Waals surface area contributed by atoms with Crippen LogP contribution in [0.2, 0.25) is 0 Å². The van der Waals surface area contributed by atoms with Crippen molar-refractivity contribution in [2.75, 3.05) is 19.6 Å². The average Bonchev–Trinajstić information content (AvgIpc) is 2.51. The third-order valence-corrected chi connectivity index (χ3v) is 2.99. The van der Waals surface area contributed by atoms with E-state index >= 15 is 0 Å². The van der Waals surface area contributed by atoms with E-state index in [-0.39, 0.29) is 11.8 Å². The Balaban J connectivity index is 1.89. The zero-order chi connectivity index (χ0) is 9.97. The first kappa shape index (κ1) is 9.65. The maximum absolute atomic E-state index is 11.3. The summed E-state index contributed by atoms with van der Waals surface area (Å²) in [4.78, 5) is 24.1. The summed E-state index contributed by atoms with van der Waals surface area (Å²) in [6.45, 7) is 2.64. The number of rotatable bonds is 2. The number of carbonyl (C=O) groups is 2. The predicted molar refractivity (Wildman–Crippen MR) is 51.5 cm³/mol. The van der Waals surface area contributed by atoms with Gasteiger partial charge >= 0.3 is 0 Å². The molecule has 2 aliphatic heterocycles. The average molecular weight is 196 g/mol. The van der Waals surface area contributed by atoms with E-state index in [9.17, 15) is 9.59 Å². The highest BCUT2D eigenvalue weighted by Crippen LogP contribution is 2.17. The van der Waals surface area contributed by atoms with Crippen molar-refractivity contribution >= 4 is 11.8 Å². The summed E-state index contributed by atoms with van der Waals surface area (Å²) in [5.41, 5.74) is 0. The smallest absolute Gasteiger partial charge is 0.229 e. The maximum Gasteiger partial charge on any atom is 0.229 e. The van der Waals surface area contributed by atoms with Crippen LogP contribution in [0, 0.1) is 5.92 Å². The van der Waals surface area contributed by atoms with Gasteiger partial charge in [0.15, 0.2) is 0 Å². The van der Waals surface area contributed by atoms with Crippen LogP contribution in [0.5, 0.6) is 0 Å². The van der Waals surface area contributed by atoms with Gasteiger partial charge in [-0.15, -0.1) is 0 Å². The van der Waals surface area contributed by atoms with Gasteiger partial charge in [-0.25, -0.2) is 0 Å². The standard InChI is InChI=1S/C10H16N2O2/c13-9-3-4-10(14)12(9)7-8-2-1-5-11-6-8/h8,11H,1-7H2/t8-/m1/s1. The van der Waals surface area contributed by atoms with Crippen molar-refractivity contribution in [1.29, 1.82) is 0 Å². The molecule has 0 bridgehead atoms. The van der Waals surface area contributed by atoms with Gasteiger partial charge in [0.05, 0.1) is 0 Å². The van der Waals surface area contributed by atoms with E-state index in [0.717, 1.165) is 25.9 Å². The van der Waals surface area contributed by atoms with Gasteiger partial charge in [0.1, 0.15) is 0 Å². The van der Waals surface area contributed by atoms with Crippen molar-refractivity contribution in [3.63, 3.8) is 0 Å². The molecule has 2 saturated heterocycles. The lowest BCUT2D eigenvalue weighted by atomic mass is 9.99. The molecule has 2 fully saturated rings. The second-order valence-electron chi connectivity index (χ2n) is 4.11. The van der Waals surface area contributed by atoms with Gasteiger partial charge in [-0.3, -0.25) is 14.5 Å². The van der Waals surface area contributed by atoms with Crippen LogP contribution < -0.4 is 5.32 Å². The lowest BCUT2D eigenvalue weighted by molar-refractivity contribution is -0.139. The molecule has 0 spiro atoms. The van der Waals surface area contributed by atoms with E-state index in [1.807, 2.05) is 0 Å². The van der Waals surface area contributed by atoms with Crippen LogP contribution in [0.4, 0.5) is 0 Å². The van der Waals surface area contributed by atoms with Crippen LogP contribution in [0.1, 0.15) is 25.7 Å². The van der Waals surface area contributed by atoms with E-state index in [4.69, 9.17) is 0 Å². The Morgan fingerprint density at radius 1 is 1.29 bits per heavy atom. The quantitative estimate of drug-likeness (QED) is 0.639. The first-order valence-electron chi connectivity index (χ1n) is 5.31. The topological polar surface area (TPSA) is 49.4 Å². The molecule has 4 nitrogen and oxygen atoms in total. The number of likely N-dealkylation sites (tertiary alicyclic amines) is 1. The Hall–Kier alpha value is -0.900. The molecule has 0 aromatic carbocycles. The number of nitrogens with zero attached hydrogens (tertiary/aromatic N) is 1. The third kappa shape index (κ3) is 1.95. The lowest BCUT2D eigenvalue weighted by Crippen LogP contribution is -2.40. The minimum Gasteiger partial charge on any atom is -0.316 e. The number of nitrogens with one attached hydrogen (secondary N) is 1. The number of hydrogen-bond donors (Lipinski definition) is 1. The number of amides is 2. The Labute approximate surface area is 83.6 Å². The lowest BCUT2D eigenvalue weighted by Gasteiger charge is -2.26. The normalized spacial score (nSPS) is 28.6. The van der Waals surface area contributed by atoms with Crippen molar-refractivity contribution in [2.24, 2.45) is 5.92 Å². The van der Waals surface area contributed by atoms with E-state index in [2.05, 4.69) is 5.32 Å². The van der Waals surface area contributed by atoms with Gasteiger partial charge in [0.25, 0.3) is 0 Å². The highest BCUT2D eigenvalue weighted by atomic mass is 16.2. The van der Waals surface area contributed by atoms with Gasteiger partial charge in [-0.1, -0.05) is 0 Å². The van der Waals surface area contributed by atoms with E-state index in [1.54, 1.807) is 0 Å². The molecule has 2 heterocycles. The fraction of sp³-hybridized carbons (Fsp3) is 0.800. The van der Waals surface area contributed by atoms with E-state index in [0.29, 0.717) is 25.3 Å². The van der Waals surface area contributed by atoms with Crippen LogP contribution >= 0.6 is 0 Å². The molecule has 0 aliphatic carbocycles. The SMILES string of the molecule is O=C1CCC(=O)N1C[C@@H]1CCCNC1. The first-order chi connectivity index (χ1) is 6.77. The Bertz CT molecular complexity index is 231. The Morgan fingerprint density at radius 3 is 2.57 bits per heavy atom. The molecule has 2 aliphatic rings. The summed E-state index contributed by atoms with van der Waals surface area (Å²) in [5, 5.41) is 3.29. The van der Waals surface area contributed by atoms with Crippen LogP contribution in [-0.4, -0.2) is 36.3 Å². The molecule has 78 valence electrons. The number of carbonyl (C=O) groups excluding carboxylic acids is 2. The van der Waals surface area contributed by atoms with Crippen LogP contribution in [0.15, 0.2) is 0 Å². The van der Waals surface area contributed by atoms with Gasteiger partial charge in [-0.05, 0) is 31.8 Å². The van der Waals surface area contributed by atoms with E-state index < -0.39 is 0 Å². The van der Waals surface area contributed by atoms with Crippen LogP contribution in [0.25, 0.3) is 0 Å². The maximum atomic E-state index is 11.3. The molecular formula is C10H16N2O2. The van der Waals surface area contributed by atoms with Gasteiger partial charge in [0.2, 0.25) is 11.8 Å². The Kier molecular flexibility index (Phi) is 2.82. The third-order valence-electron chi connectivity index (χ3n) is 2.99. The van der Waals surface area contributed by atoms with Gasteiger partial charge in [0, 0.05) is 19.4 Å². The second kappa shape index (κ2) is 4.09. The highest BCUT2D eigenvalue weighted by molar-refractivity contribution is 6.01. The fourth-order valence-corrected chi connectivity index (χ4v) is 2.16. The molecule has 2 rings (SSSR count). The molecule has 1 N–H and O–H groups in total. The number of hydrogen-bond acceptors (Lipinski definition) is 3. The monoisotopic (exact) mass is 196 g/mol. The second-order valence-corrected chi connectivity index (χ2v) is 4.11. The first-order valence-corrected chi connectivity index (χ1v) is 5.31. The molecule has 14 heavy (non-hydrogen) atoms. The molecule has 0 radical (unpaired) electrons. The summed E-state index contributed by atoms with van der Waals surface area (Å²) in [6, 6.07) is 0. The molecule has 2 amide bonds. The number of piperidine rings is 1. The summed E-state index contributed by atoms with van der Waals surface area (Å²) in [6.07, 6.45) is 3.11. The van der Waals surface area contributed by atoms with Crippen molar-refractivity contribution in [2.45, 2.75) is 25.7 Å². The summed E-state index contributed by atoms with van der Waals surface area (Å²) in [5.74, 6) is 0.496. The zero-order valence-electron chi connectivity index (χ0n) is 8.29. The van der Waals surface area contributed by atoms with Crippen molar-refractivity contribution in [3.8, 4) is 0 Å². The summed E-state index contributed by atoms with van der Waals surface area (Å²) >= 11 is 0. The van der Waals surface area contributed by atoms with Crippen LogP contribution in [-0.2, 0) is 9.59 Å². The number of imide groups is 1. The molecule has 1 atom stereocenters. The van der Waals surface area contributed by atoms with Gasteiger partial charge < -0.3 is 5.32 Å². The molecule has 0 aromatic rings. The zero-order valence-corrected chi connectivity index (χ0v) is 8.29. The fourth-order valence-electron chi connectivity index (χ4n) is 2.16. The molecule has 0 saturated carbocycles. The van der Waals surface area contributed by atoms with Gasteiger partial charge in [-0.2, -0.15) is 0 Å². The molecule has 0 aromatic heterocycles.